The number of benzene rings is 3. The number of nitrogens with zero attached hydrogens (tertiary/aromatic N) is 2. The first-order chi connectivity index (χ1) is 17.7. The molecule has 0 bridgehead atoms. The van der Waals surface area contributed by atoms with Crippen LogP contribution in [-0.4, -0.2) is 43.3 Å². The smallest absolute Gasteiger partial charge is 0.255 e. The first kappa shape index (κ1) is 27.8. The minimum Gasteiger partial charge on any atom is -0.326 e. The van der Waals surface area contributed by atoms with Gasteiger partial charge >= 0.3 is 0 Å². The second kappa shape index (κ2) is 13.5. The highest BCUT2D eigenvalue weighted by Crippen LogP contribution is 2.19. The lowest BCUT2D eigenvalue weighted by Crippen LogP contribution is -2.40. The van der Waals surface area contributed by atoms with Gasteiger partial charge in [-0.15, -0.1) is 0 Å². The SMILES string of the molecule is CC(=O)Nc1ccc(S(=O)(=O)N(CCc2ccccc2)CC(=O)NN=C(C)CCc2ccccc2)cc1. The van der Waals surface area contributed by atoms with Gasteiger partial charge in [0.15, 0.2) is 0 Å². The highest BCUT2D eigenvalue weighted by molar-refractivity contribution is 7.89. The monoisotopic (exact) mass is 520 g/mol. The molecule has 3 rings (SSSR count). The summed E-state index contributed by atoms with van der Waals surface area (Å²) < 4.78 is 28.0. The van der Waals surface area contributed by atoms with E-state index in [0.717, 1.165) is 22.0 Å². The Kier molecular flexibility index (Phi) is 10.1. The third-order valence-electron chi connectivity index (χ3n) is 5.61. The van der Waals surface area contributed by atoms with Crippen molar-refractivity contribution in [3.8, 4) is 0 Å². The summed E-state index contributed by atoms with van der Waals surface area (Å²) in [5.74, 6) is -0.776. The quantitative estimate of drug-likeness (QED) is 0.278. The Balaban J connectivity index is 1.69. The van der Waals surface area contributed by atoms with Crippen LogP contribution in [0.25, 0.3) is 0 Å². The average Bonchev–Trinajstić information content (AvgIpc) is 2.89. The normalized spacial score (nSPS) is 11.8. The van der Waals surface area contributed by atoms with Crippen LogP contribution in [0, 0.1) is 0 Å². The van der Waals surface area contributed by atoms with E-state index in [0.29, 0.717) is 18.5 Å². The van der Waals surface area contributed by atoms with E-state index in [2.05, 4.69) is 15.8 Å². The summed E-state index contributed by atoms with van der Waals surface area (Å²) in [6.45, 7) is 2.94. The molecule has 8 nitrogen and oxygen atoms in total. The van der Waals surface area contributed by atoms with Gasteiger partial charge < -0.3 is 5.32 Å². The Labute approximate surface area is 218 Å². The molecule has 0 aliphatic heterocycles. The molecule has 37 heavy (non-hydrogen) atoms. The second-order valence-corrected chi connectivity index (χ2v) is 10.6. The maximum Gasteiger partial charge on any atom is 0.255 e. The van der Waals surface area contributed by atoms with Gasteiger partial charge in [0, 0.05) is 24.9 Å². The van der Waals surface area contributed by atoms with Gasteiger partial charge in [-0.05, 0) is 61.6 Å². The summed E-state index contributed by atoms with van der Waals surface area (Å²) in [6.07, 6.45) is 1.90. The van der Waals surface area contributed by atoms with Gasteiger partial charge in [-0.25, -0.2) is 13.8 Å². The van der Waals surface area contributed by atoms with Crippen molar-refractivity contribution >= 4 is 33.2 Å². The van der Waals surface area contributed by atoms with E-state index in [4.69, 9.17) is 0 Å². The number of nitrogens with one attached hydrogen (secondary N) is 2. The van der Waals surface area contributed by atoms with Crippen molar-refractivity contribution in [3.63, 3.8) is 0 Å². The predicted octanol–water partition coefficient (Wildman–Crippen LogP) is 4.00. The van der Waals surface area contributed by atoms with Crippen molar-refractivity contribution in [1.29, 1.82) is 0 Å². The Morgan fingerprint density at radius 1 is 0.811 bits per heavy atom. The molecule has 0 radical (unpaired) electrons. The number of sulfonamides is 1. The third-order valence-corrected chi connectivity index (χ3v) is 7.47. The number of rotatable bonds is 12. The van der Waals surface area contributed by atoms with Crippen LogP contribution < -0.4 is 10.7 Å². The summed E-state index contributed by atoms with van der Waals surface area (Å²) in [5.41, 5.74) is 5.85. The molecule has 0 aromatic heterocycles. The highest BCUT2D eigenvalue weighted by atomic mass is 32.2. The van der Waals surface area contributed by atoms with Gasteiger partial charge in [-0.2, -0.15) is 9.41 Å². The fourth-order valence-electron chi connectivity index (χ4n) is 3.62. The van der Waals surface area contributed by atoms with E-state index < -0.39 is 15.9 Å². The molecule has 0 aliphatic rings. The lowest BCUT2D eigenvalue weighted by atomic mass is 10.1. The fraction of sp³-hybridized carbons (Fsp3) is 0.250. The van der Waals surface area contributed by atoms with E-state index in [9.17, 15) is 18.0 Å². The van der Waals surface area contributed by atoms with Crippen molar-refractivity contribution in [2.75, 3.05) is 18.4 Å². The van der Waals surface area contributed by atoms with Crippen molar-refractivity contribution < 1.29 is 18.0 Å². The summed E-state index contributed by atoms with van der Waals surface area (Å²) in [4.78, 5) is 24.0. The zero-order valence-corrected chi connectivity index (χ0v) is 21.9. The number of carbonyl (C=O) groups is 2. The van der Waals surface area contributed by atoms with Crippen molar-refractivity contribution in [2.24, 2.45) is 5.10 Å². The number of carbonyl (C=O) groups excluding carboxylic acids is 2. The standard InChI is InChI=1S/C28H32N4O4S/c1-22(13-14-24-9-5-3-6-10-24)30-31-28(34)21-32(20-19-25-11-7-4-8-12-25)37(35,36)27-17-15-26(16-18-27)29-23(2)33/h3-12,15-18H,13-14,19-21H2,1-2H3,(H,29,33)(H,31,34). The van der Waals surface area contributed by atoms with Crippen molar-refractivity contribution in [2.45, 2.75) is 38.0 Å². The molecule has 2 amide bonds. The minimum absolute atomic E-state index is 0.0324. The van der Waals surface area contributed by atoms with E-state index in [-0.39, 0.29) is 23.9 Å². The molecule has 194 valence electrons. The molecule has 3 aromatic carbocycles. The summed E-state index contributed by atoms with van der Waals surface area (Å²) >= 11 is 0. The van der Waals surface area contributed by atoms with Gasteiger partial charge in [-0.3, -0.25) is 9.59 Å². The number of aryl methyl sites for hydroxylation is 1. The van der Waals surface area contributed by atoms with E-state index in [1.54, 1.807) is 0 Å². The van der Waals surface area contributed by atoms with Crippen LogP contribution in [0.1, 0.15) is 31.4 Å². The zero-order valence-electron chi connectivity index (χ0n) is 21.1. The van der Waals surface area contributed by atoms with Crippen LogP contribution in [0.2, 0.25) is 0 Å². The molecule has 0 spiro atoms. The molecule has 0 heterocycles. The molecule has 0 unspecified atom stereocenters. The summed E-state index contributed by atoms with van der Waals surface area (Å²) in [5, 5.41) is 6.77. The largest absolute Gasteiger partial charge is 0.326 e. The van der Waals surface area contributed by atoms with Crippen molar-refractivity contribution in [3.05, 3.63) is 96.1 Å². The number of hydrazone groups is 1. The Hall–Kier alpha value is -3.82. The molecule has 0 atom stereocenters. The van der Waals surface area contributed by atoms with E-state index in [1.165, 1.54) is 36.8 Å². The van der Waals surface area contributed by atoms with Gasteiger partial charge in [-0.1, -0.05) is 60.7 Å². The minimum atomic E-state index is -3.98. The third kappa shape index (κ3) is 8.96. The van der Waals surface area contributed by atoms with Crippen molar-refractivity contribution in [1.82, 2.24) is 9.73 Å². The lowest BCUT2D eigenvalue weighted by Gasteiger charge is -2.21. The molecule has 0 fully saturated rings. The fourth-order valence-corrected chi connectivity index (χ4v) is 5.02. The average molecular weight is 521 g/mol. The first-order valence-electron chi connectivity index (χ1n) is 12.0. The molecule has 0 aliphatic carbocycles. The predicted molar refractivity (Wildman–Crippen MR) is 146 cm³/mol. The lowest BCUT2D eigenvalue weighted by molar-refractivity contribution is -0.121. The van der Waals surface area contributed by atoms with Crippen LogP contribution in [0.4, 0.5) is 5.69 Å². The molecule has 3 aromatic rings. The Morgan fingerprint density at radius 2 is 1.38 bits per heavy atom. The Bertz CT molecular complexity index is 1310. The zero-order chi connectivity index (χ0) is 26.7. The summed E-state index contributed by atoms with van der Waals surface area (Å²) in [6, 6.07) is 25.3. The number of anilines is 1. The van der Waals surface area contributed by atoms with Gasteiger partial charge in [0.2, 0.25) is 15.9 Å². The molecular weight excluding hydrogens is 488 g/mol. The number of hydrogen-bond donors (Lipinski definition) is 2. The molecule has 2 N–H and O–H groups in total. The van der Waals surface area contributed by atoms with E-state index >= 15 is 0 Å². The first-order valence-corrected chi connectivity index (χ1v) is 13.5. The van der Waals surface area contributed by atoms with Crippen LogP contribution in [0.3, 0.4) is 0 Å². The Morgan fingerprint density at radius 3 is 1.95 bits per heavy atom. The van der Waals surface area contributed by atoms with Crippen LogP contribution >= 0.6 is 0 Å². The van der Waals surface area contributed by atoms with Crippen LogP contribution in [0.5, 0.6) is 0 Å². The van der Waals surface area contributed by atoms with Gasteiger partial charge in [0.25, 0.3) is 5.91 Å². The second-order valence-electron chi connectivity index (χ2n) is 8.65. The number of hydrogen-bond acceptors (Lipinski definition) is 5. The molecular formula is C28H32N4O4S. The topological polar surface area (TPSA) is 108 Å². The van der Waals surface area contributed by atoms with Gasteiger partial charge in [0.1, 0.15) is 0 Å². The van der Waals surface area contributed by atoms with Crippen LogP contribution in [-0.2, 0) is 32.5 Å². The summed E-state index contributed by atoms with van der Waals surface area (Å²) in [7, 11) is -3.98. The van der Waals surface area contributed by atoms with Crippen LogP contribution in [0.15, 0.2) is 94.9 Å². The highest BCUT2D eigenvalue weighted by Gasteiger charge is 2.26. The molecule has 9 heteroatoms. The van der Waals surface area contributed by atoms with E-state index in [1.807, 2.05) is 67.6 Å². The maximum atomic E-state index is 13.4. The number of amides is 2. The van der Waals surface area contributed by atoms with Gasteiger partial charge in [0.05, 0.1) is 11.4 Å². The molecule has 0 saturated heterocycles. The molecule has 0 saturated carbocycles. The maximum absolute atomic E-state index is 13.4.